The number of imide groups is 1. The lowest BCUT2D eigenvalue weighted by Crippen LogP contribution is -2.52. The van der Waals surface area contributed by atoms with Crippen LogP contribution in [0.25, 0.3) is 11.4 Å². The number of fused-ring (bicyclic) bond motifs is 1. The largest absolute Gasteiger partial charge is 0.494 e. The van der Waals surface area contributed by atoms with Gasteiger partial charge >= 0.3 is 0 Å². The zero-order chi connectivity index (χ0) is 54.1. The van der Waals surface area contributed by atoms with E-state index in [9.17, 15) is 24.0 Å². The summed E-state index contributed by atoms with van der Waals surface area (Å²) in [6.07, 6.45) is 10.7. The molecule has 0 radical (unpaired) electrons. The molecule has 5 N–H and O–H groups in total. The molecule has 21 heteroatoms. The number of nitrogens with one attached hydrogen (secondary N) is 5. The number of carbonyl (C=O) groups is 5. The van der Waals surface area contributed by atoms with Crippen molar-refractivity contribution in [3.63, 3.8) is 0 Å². The Morgan fingerprint density at radius 1 is 0.797 bits per heavy atom. The molecule has 20 nitrogen and oxygen atoms in total. The number of piperidine rings is 2. The summed E-state index contributed by atoms with van der Waals surface area (Å²) >= 11 is 0. The van der Waals surface area contributed by atoms with Crippen LogP contribution in [0.2, 0.25) is 0 Å². The highest BCUT2D eigenvalue weighted by atomic mass is 35.5. The molecule has 2 atom stereocenters. The van der Waals surface area contributed by atoms with Crippen molar-refractivity contribution in [2.45, 2.75) is 95.3 Å². The van der Waals surface area contributed by atoms with Crippen LogP contribution in [-0.4, -0.2) is 151 Å². The molecular formula is C58H74ClN11O9. The Morgan fingerprint density at radius 3 is 2.24 bits per heavy atom. The molecule has 0 saturated carbocycles. The number of pyridine rings is 1. The number of ether oxygens (including phenoxy) is 4. The maximum atomic E-state index is 13.5. The SMILES string of the molecule is C[C@@H](NC(=O)c1cccc(NC2(c3nc(-c4ccncc4)n[nH]3)CCNCC2)c1)c1ccc(OCCCCCCOCCOCCOCCCC(=O)N2CCN(c3ccc4c(c3)CN(C3CCC(=O)NC3=O)C4=O)CC2)cc1.Cl. The first-order chi connectivity index (χ1) is 38.1. The average Bonchev–Trinajstić information content (AvgIpc) is 4.11. The minimum Gasteiger partial charge on any atom is -0.494 e. The minimum atomic E-state index is -0.638. The van der Waals surface area contributed by atoms with Crippen LogP contribution in [0.5, 0.6) is 5.75 Å². The van der Waals surface area contributed by atoms with Gasteiger partial charge in [-0.15, -0.1) is 12.4 Å². The molecule has 3 aromatic carbocycles. The fraction of sp³-hybridized carbons (Fsp3) is 0.483. The Kier molecular flexibility index (Phi) is 21.2. The fourth-order valence-electron chi connectivity index (χ4n) is 10.5. The topological polar surface area (TPSA) is 235 Å². The van der Waals surface area contributed by atoms with E-state index < -0.39 is 17.5 Å². The molecule has 9 rings (SSSR count). The number of hydrogen-bond acceptors (Lipinski definition) is 15. The number of nitrogens with zero attached hydrogens (tertiary/aromatic N) is 6. The van der Waals surface area contributed by atoms with E-state index in [2.05, 4.69) is 41.3 Å². The van der Waals surface area contributed by atoms with Gasteiger partial charge in [-0.1, -0.05) is 24.6 Å². The van der Waals surface area contributed by atoms with Gasteiger partial charge in [0.2, 0.25) is 17.7 Å². The van der Waals surface area contributed by atoms with Crippen molar-refractivity contribution in [1.29, 1.82) is 0 Å². The number of benzene rings is 3. The van der Waals surface area contributed by atoms with Gasteiger partial charge in [-0.05, 0) is 137 Å². The fourth-order valence-corrected chi connectivity index (χ4v) is 10.5. The number of H-pyrrole nitrogens is 1. The van der Waals surface area contributed by atoms with Crippen molar-refractivity contribution in [3.05, 3.63) is 119 Å². The predicted molar refractivity (Wildman–Crippen MR) is 300 cm³/mol. The van der Waals surface area contributed by atoms with Crippen molar-refractivity contribution < 1.29 is 42.9 Å². The average molecular weight is 1100 g/mol. The predicted octanol–water partition coefficient (Wildman–Crippen LogP) is 6.35. The van der Waals surface area contributed by atoms with Gasteiger partial charge in [-0.2, -0.15) is 5.10 Å². The highest BCUT2D eigenvalue weighted by Gasteiger charge is 2.40. The van der Waals surface area contributed by atoms with Crippen molar-refractivity contribution in [2.75, 3.05) is 95.7 Å². The molecule has 79 heavy (non-hydrogen) atoms. The highest BCUT2D eigenvalue weighted by molar-refractivity contribution is 6.05. The molecule has 2 aromatic heterocycles. The maximum absolute atomic E-state index is 13.5. The van der Waals surface area contributed by atoms with Crippen molar-refractivity contribution in [3.8, 4) is 17.1 Å². The van der Waals surface area contributed by atoms with Crippen LogP contribution >= 0.6 is 12.4 Å². The zero-order valence-electron chi connectivity index (χ0n) is 45.1. The third-order valence-electron chi connectivity index (χ3n) is 15.0. The lowest BCUT2D eigenvalue weighted by molar-refractivity contribution is -0.137. The minimum absolute atomic E-state index is 0. The second kappa shape index (κ2) is 28.8. The van der Waals surface area contributed by atoms with Crippen LogP contribution in [0.4, 0.5) is 11.4 Å². The van der Waals surface area contributed by atoms with E-state index in [4.69, 9.17) is 23.9 Å². The van der Waals surface area contributed by atoms with Gasteiger partial charge in [0.25, 0.3) is 11.8 Å². The van der Waals surface area contributed by atoms with Gasteiger partial charge in [0, 0.05) is 99.2 Å². The van der Waals surface area contributed by atoms with Crippen molar-refractivity contribution in [1.82, 2.24) is 45.9 Å². The highest BCUT2D eigenvalue weighted by Crippen LogP contribution is 2.35. The smallest absolute Gasteiger partial charge is 0.255 e. The molecule has 1 unspecified atom stereocenters. The van der Waals surface area contributed by atoms with E-state index in [0.29, 0.717) is 115 Å². The summed E-state index contributed by atoms with van der Waals surface area (Å²) in [5, 5.41) is 20.4. The third-order valence-corrected chi connectivity index (χ3v) is 15.0. The Hall–Kier alpha value is -6.97. The number of carbonyl (C=O) groups excluding carboxylic acids is 5. The number of halogens is 1. The summed E-state index contributed by atoms with van der Waals surface area (Å²) in [6.45, 7) is 10.3. The number of anilines is 2. The van der Waals surface area contributed by atoms with Gasteiger partial charge in [-0.25, -0.2) is 4.98 Å². The molecule has 3 saturated heterocycles. The summed E-state index contributed by atoms with van der Waals surface area (Å²) in [6, 6.07) is 24.2. The summed E-state index contributed by atoms with van der Waals surface area (Å²) in [7, 11) is 0. The lowest BCUT2D eigenvalue weighted by Gasteiger charge is -2.37. The van der Waals surface area contributed by atoms with Gasteiger partial charge in [0.1, 0.15) is 11.8 Å². The van der Waals surface area contributed by atoms with Crippen LogP contribution in [0.15, 0.2) is 91.3 Å². The van der Waals surface area contributed by atoms with E-state index in [1.165, 1.54) is 0 Å². The number of aromatic nitrogens is 4. The van der Waals surface area contributed by atoms with Crippen LogP contribution in [-0.2, 0) is 40.7 Å². The van der Waals surface area contributed by atoms with Crippen LogP contribution < -0.4 is 30.9 Å². The van der Waals surface area contributed by atoms with E-state index in [0.717, 1.165) is 91.3 Å². The number of unbranched alkanes of at least 4 members (excludes halogenated alkanes) is 3. The molecule has 4 aliphatic heterocycles. The number of aromatic amines is 1. The van der Waals surface area contributed by atoms with E-state index in [1.807, 2.05) is 90.7 Å². The summed E-state index contributed by atoms with van der Waals surface area (Å²) in [4.78, 5) is 78.2. The molecule has 0 bridgehead atoms. The zero-order valence-corrected chi connectivity index (χ0v) is 45.9. The lowest BCUT2D eigenvalue weighted by atomic mass is 9.87. The van der Waals surface area contributed by atoms with Gasteiger partial charge < -0.3 is 49.6 Å². The van der Waals surface area contributed by atoms with E-state index >= 15 is 0 Å². The number of amides is 5. The second-order valence-corrected chi connectivity index (χ2v) is 20.4. The maximum Gasteiger partial charge on any atom is 0.255 e. The van der Waals surface area contributed by atoms with E-state index in [1.54, 1.807) is 17.3 Å². The molecule has 0 spiro atoms. The first-order valence-electron chi connectivity index (χ1n) is 27.6. The molecule has 5 aromatic rings. The molecule has 0 aliphatic carbocycles. The van der Waals surface area contributed by atoms with Gasteiger partial charge in [0.05, 0.1) is 44.6 Å². The van der Waals surface area contributed by atoms with Crippen LogP contribution in [0.3, 0.4) is 0 Å². The summed E-state index contributed by atoms with van der Waals surface area (Å²) in [5.74, 6) is 1.24. The number of rotatable bonds is 27. The summed E-state index contributed by atoms with van der Waals surface area (Å²) in [5.41, 5.74) is 5.25. The van der Waals surface area contributed by atoms with E-state index in [-0.39, 0.29) is 48.5 Å². The first kappa shape index (κ1) is 58.2. The molecule has 6 heterocycles. The number of hydrogen-bond donors (Lipinski definition) is 5. The summed E-state index contributed by atoms with van der Waals surface area (Å²) < 4.78 is 23.1. The molecule has 5 amide bonds. The third kappa shape index (κ3) is 15.7. The molecule has 3 fully saturated rings. The van der Waals surface area contributed by atoms with Crippen molar-refractivity contribution in [2.24, 2.45) is 0 Å². The van der Waals surface area contributed by atoms with Gasteiger partial charge in [0.15, 0.2) is 11.6 Å². The first-order valence-corrected chi connectivity index (χ1v) is 27.6. The Balaban J connectivity index is 0.00000822. The van der Waals surface area contributed by atoms with Crippen LogP contribution in [0, 0.1) is 0 Å². The normalized spacial score (nSPS) is 17.4. The second-order valence-electron chi connectivity index (χ2n) is 20.4. The monoisotopic (exact) mass is 1100 g/mol. The van der Waals surface area contributed by atoms with Crippen molar-refractivity contribution >= 4 is 53.3 Å². The molecular weight excluding hydrogens is 1030 g/mol. The Labute approximate surface area is 467 Å². The Bertz CT molecular complexity index is 2810. The molecule has 422 valence electrons. The molecule has 4 aliphatic rings. The Morgan fingerprint density at radius 2 is 1.51 bits per heavy atom. The van der Waals surface area contributed by atoms with Crippen LogP contribution in [0.1, 0.15) is 115 Å². The van der Waals surface area contributed by atoms with Gasteiger partial charge in [-0.3, -0.25) is 39.4 Å². The standard InChI is InChI=1S/C58H73N11O9.ClH/c1-41(61-54(72)44-8-6-9-46(38-44)64-58(21-25-60-26-22-58)57-63-53(65-66-57)43-19-23-59-24-20-43)42-11-14-48(15-12-42)78-33-5-3-2-4-31-75-34-36-77-37-35-76-32-7-10-52(71)68-29-27-67(28-30-68)47-13-16-49-45(39-47)40-69(56(49)74)50-17-18-51(70)62-55(50)73;/h6,8-9,11-16,19-20,23-24,38-39,41,50,60,64H,2-5,7,10,17-18,21-22,25-37,40H2,1H3,(H,61,72)(H,62,70,73)(H,63,65,66);1H/t41-,50?;/m1./s1. The quantitative estimate of drug-likeness (QED) is 0.0285. The number of piperazine rings is 1.